The molecule has 20 heavy (non-hydrogen) atoms. The lowest BCUT2D eigenvalue weighted by Crippen LogP contribution is -2.12. The Morgan fingerprint density at radius 3 is 2.20 bits per heavy atom. The fraction of sp³-hybridized carbons (Fsp3) is 0.133. The number of sulfonamides is 1. The van der Waals surface area contributed by atoms with Gasteiger partial charge in [0.2, 0.25) is 0 Å². The van der Waals surface area contributed by atoms with Crippen molar-refractivity contribution in [2.45, 2.75) is 18.2 Å². The molecule has 0 fully saturated rings. The summed E-state index contributed by atoms with van der Waals surface area (Å²) in [5.74, 6) is 0. The Hall–Kier alpha value is -2.32. The summed E-state index contributed by atoms with van der Waals surface area (Å²) in [6.07, 6.45) is 0.311. The molecule has 0 saturated heterocycles. The average Bonchev–Trinajstić information content (AvgIpc) is 2.41. The lowest BCUT2D eigenvalue weighted by atomic mass is 10.1. The lowest BCUT2D eigenvalue weighted by molar-refractivity contribution is 0.601. The standard InChI is InChI=1S/C15H14N2O2S/c1-12-2-8-15(9-3-12)20(18,19)17-14-6-4-13(5-7-14)10-11-16/h2-9,17H,10H2,1H3. The minimum atomic E-state index is -3.57. The normalized spacial score (nSPS) is 10.8. The Kier molecular flexibility index (Phi) is 4.06. The molecule has 4 nitrogen and oxygen atoms in total. The number of anilines is 1. The number of nitrogens with zero attached hydrogens (tertiary/aromatic N) is 1. The molecule has 0 bridgehead atoms. The Balaban J connectivity index is 2.20. The smallest absolute Gasteiger partial charge is 0.261 e. The number of hydrogen-bond acceptors (Lipinski definition) is 3. The van der Waals surface area contributed by atoms with Crippen LogP contribution >= 0.6 is 0 Å². The topological polar surface area (TPSA) is 70.0 Å². The minimum Gasteiger partial charge on any atom is -0.280 e. The third kappa shape index (κ3) is 3.37. The van der Waals surface area contributed by atoms with E-state index in [9.17, 15) is 8.42 Å². The van der Waals surface area contributed by atoms with Crippen molar-refractivity contribution in [2.75, 3.05) is 4.72 Å². The van der Waals surface area contributed by atoms with Gasteiger partial charge in [-0.2, -0.15) is 5.26 Å². The Morgan fingerprint density at radius 2 is 1.65 bits per heavy atom. The van der Waals surface area contributed by atoms with Gasteiger partial charge in [-0.3, -0.25) is 4.72 Å². The van der Waals surface area contributed by atoms with Crippen LogP contribution in [0.3, 0.4) is 0 Å². The van der Waals surface area contributed by atoms with E-state index in [-0.39, 0.29) is 4.90 Å². The van der Waals surface area contributed by atoms with Crippen LogP contribution in [0.1, 0.15) is 11.1 Å². The highest BCUT2D eigenvalue weighted by molar-refractivity contribution is 7.92. The second-order valence-electron chi connectivity index (χ2n) is 4.45. The molecule has 2 aromatic carbocycles. The van der Waals surface area contributed by atoms with Crippen molar-refractivity contribution in [3.8, 4) is 6.07 Å². The highest BCUT2D eigenvalue weighted by Gasteiger charge is 2.13. The third-order valence-corrected chi connectivity index (χ3v) is 4.22. The summed E-state index contributed by atoms with van der Waals surface area (Å²) in [5, 5.41) is 8.58. The van der Waals surface area contributed by atoms with E-state index in [1.165, 1.54) is 0 Å². The number of benzene rings is 2. The summed E-state index contributed by atoms with van der Waals surface area (Å²) in [7, 11) is -3.57. The van der Waals surface area contributed by atoms with Gasteiger partial charge in [0.05, 0.1) is 17.4 Å². The summed E-state index contributed by atoms with van der Waals surface area (Å²) >= 11 is 0. The molecule has 0 aromatic heterocycles. The predicted octanol–water partition coefficient (Wildman–Crippen LogP) is 2.86. The third-order valence-electron chi connectivity index (χ3n) is 2.82. The van der Waals surface area contributed by atoms with Gasteiger partial charge >= 0.3 is 0 Å². The molecule has 0 spiro atoms. The monoisotopic (exact) mass is 286 g/mol. The maximum atomic E-state index is 12.2. The van der Waals surface area contributed by atoms with Crippen molar-refractivity contribution < 1.29 is 8.42 Å². The molecule has 1 N–H and O–H groups in total. The van der Waals surface area contributed by atoms with Gasteiger partial charge in [-0.15, -0.1) is 0 Å². The molecule has 0 aliphatic rings. The first-order chi connectivity index (χ1) is 9.51. The molecular formula is C15H14N2O2S. The molecule has 2 aromatic rings. The van der Waals surface area contributed by atoms with E-state index in [0.717, 1.165) is 11.1 Å². The van der Waals surface area contributed by atoms with Crippen LogP contribution < -0.4 is 4.72 Å². The van der Waals surface area contributed by atoms with Gasteiger partial charge in [0.25, 0.3) is 10.0 Å². The van der Waals surface area contributed by atoms with E-state index in [1.807, 2.05) is 13.0 Å². The molecule has 0 unspecified atom stereocenters. The summed E-state index contributed by atoms with van der Waals surface area (Å²) in [6.45, 7) is 1.90. The van der Waals surface area contributed by atoms with Crippen LogP contribution in [0.4, 0.5) is 5.69 Å². The van der Waals surface area contributed by atoms with E-state index in [1.54, 1.807) is 48.5 Å². The van der Waals surface area contributed by atoms with E-state index in [0.29, 0.717) is 12.1 Å². The fourth-order valence-corrected chi connectivity index (χ4v) is 2.77. The van der Waals surface area contributed by atoms with Crippen LogP contribution in [0.15, 0.2) is 53.4 Å². The Bertz CT molecular complexity index is 727. The van der Waals surface area contributed by atoms with Crippen molar-refractivity contribution in [3.63, 3.8) is 0 Å². The van der Waals surface area contributed by atoms with Crippen LogP contribution in [-0.2, 0) is 16.4 Å². The van der Waals surface area contributed by atoms with Crippen LogP contribution in [-0.4, -0.2) is 8.42 Å². The Labute approximate surface area is 118 Å². The largest absolute Gasteiger partial charge is 0.280 e. The van der Waals surface area contributed by atoms with Gasteiger partial charge in [0.1, 0.15) is 0 Å². The van der Waals surface area contributed by atoms with Gasteiger partial charge in [-0.25, -0.2) is 8.42 Å². The van der Waals surface area contributed by atoms with E-state index in [2.05, 4.69) is 4.72 Å². The molecule has 0 saturated carbocycles. The first kappa shape index (κ1) is 14.1. The minimum absolute atomic E-state index is 0.226. The second kappa shape index (κ2) is 5.76. The van der Waals surface area contributed by atoms with Crippen molar-refractivity contribution in [1.29, 1.82) is 5.26 Å². The van der Waals surface area contributed by atoms with Gasteiger partial charge in [0.15, 0.2) is 0 Å². The van der Waals surface area contributed by atoms with Crippen molar-refractivity contribution in [1.82, 2.24) is 0 Å². The maximum absolute atomic E-state index is 12.2. The van der Waals surface area contributed by atoms with Crippen molar-refractivity contribution in [3.05, 3.63) is 59.7 Å². The summed E-state index contributed by atoms with van der Waals surface area (Å²) in [5.41, 5.74) is 2.34. The lowest BCUT2D eigenvalue weighted by Gasteiger charge is -2.08. The van der Waals surface area contributed by atoms with Crippen LogP contribution in [0, 0.1) is 18.3 Å². The molecule has 0 atom stereocenters. The highest BCUT2D eigenvalue weighted by Crippen LogP contribution is 2.17. The molecule has 102 valence electrons. The zero-order valence-electron chi connectivity index (χ0n) is 11.0. The van der Waals surface area contributed by atoms with E-state index < -0.39 is 10.0 Å². The number of nitrogens with one attached hydrogen (secondary N) is 1. The zero-order valence-corrected chi connectivity index (χ0v) is 11.8. The van der Waals surface area contributed by atoms with Gasteiger partial charge < -0.3 is 0 Å². The Morgan fingerprint density at radius 1 is 1.05 bits per heavy atom. The van der Waals surface area contributed by atoms with Gasteiger partial charge in [0, 0.05) is 5.69 Å². The molecule has 0 aliphatic carbocycles. The summed E-state index contributed by atoms with van der Waals surface area (Å²) in [4.78, 5) is 0.226. The van der Waals surface area contributed by atoms with Crippen LogP contribution in [0.2, 0.25) is 0 Å². The van der Waals surface area contributed by atoms with Crippen LogP contribution in [0.5, 0.6) is 0 Å². The van der Waals surface area contributed by atoms with Gasteiger partial charge in [-0.05, 0) is 36.8 Å². The maximum Gasteiger partial charge on any atom is 0.261 e. The van der Waals surface area contributed by atoms with Crippen molar-refractivity contribution in [2.24, 2.45) is 0 Å². The molecule has 0 amide bonds. The molecule has 0 aliphatic heterocycles. The predicted molar refractivity (Wildman–Crippen MR) is 77.7 cm³/mol. The van der Waals surface area contributed by atoms with E-state index >= 15 is 0 Å². The average molecular weight is 286 g/mol. The zero-order chi connectivity index (χ0) is 14.6. The second-order valence-corrected chi connectivity index (χ2v) is 6.13. The van der Waals surface area contributed by atoms with Crippen LogP contribution in [0.25, 0.3) is 0 Å². The number of hydrogen-bond donors (Lipinski definition) is 1. The summed E-state index contributed by atoms with van der Waals surface area (Å²) in [6, 6.07) is 15.5. The molecule has 5 heteroatoms. The fourth-order valence-electron chi connectivity index (χ4n) is 1.71. The van der Waals surface area contributed by atoms with Crippen molar-refractivity contribution >= 4 is 15.7 Å². The number of nitriles is 1. The quantitative estimate of drug-likeness (QED) is 0.939. The first-order valence-electron chi connectivity index (χ1n) is 6.07. The number of aryl methyl sites for hydroxylation is 1. The molecule has 0 radical (unpaired) electrons. The van der Waals surface area contributed by atoms with E-state index in [4.69, 9.17) is 5.26 Å². The highest BCUT2D eigenvalue weighted by atomic mass is 32.2. The number of rotatable bonds is 4. The van der Waals surface area contributed by atoms with Gasteiger partial charge in [-0.1, -0.05) is 29.8 Å². The molecule has 0 heterocycles. The SMILES string of the molecule is Cc1ccc(S(=O)(=O)Nc2ccc(CC#N)cc2)cc1. The first-order valence-corrected chi connectivity index (χ1v) is 7.55. The molecule has 2 rings (SSSR count). The molecular weight excluding hydrogens is 272 g/mol. The summed E-state index contributed by atoms with van der Waals surface area (Å²) < 4.78 is 26.8.